The molecule has 1 aliphatic rings. The van der Waals surface area contributed by atoms with Crippen LogP contribution in [0.2, 0.25) is 15.1 Å². The first kappa shape index (κ1) is 25.0. The molecule has 0 unspecified atom stereocenters. The van der Waals surface area contributed by atoms with Crippen LogP contribution < -0.4 is 15.5 Å². The molecule has 0 spiro atoms. The second-order valence-corrected chi connectivity index (χ2v) is 10.3. The van der Waals surface area contributed by atoms with Gasteiger partial charge in [0.15, 0.2) is 0 Å². The van der Waals surface area contributed by atoms with Crippen LogP contribution in [-0.2, 0) is 0 Å². The molecule has 180 valence electrons. The second-order valence-electron chi connectivity index (χ2n) is 8.61. The highest BCUT2D eigenvalue weighted by atomic mass is 35.5. The molecule has 1 heterocycles. The van der Waals surface area contributed by atoms with Gasteiger partial charge in [-0.3, -0.25) is 4.31 Å². The van der Waals surface area contributed by atoms with Gasteiger partial charge < -0.3 is 15.5 Å². The monoisotopic (exact) mass is 537 g/mol. The van der Waals surface area contributed by atoms with Crippen LogP contribution in [0.15, 0.2) is 42.5 Å². The molecule has 6 nitrogen and oxygen atoms in total. The molecule has 0 saturated heterocycles. The number of benzene rings is 2. The van der Waals surface area contributed by atoms with Crippen molar-refractivity contribution in [2.24, 2.45) is 0 Å². The summed E-state index contributed by atoms with van der Waals surface area (Å²) in [5, 5.41) is 8.42. The molecule has 1 aliphatic carbocycles. The molecule has 2 aromatic carbocycles. The van der Waals surface area contributed by atoms with Crippen LogP contribution in [-0.4, -0.2) is 41.5 Å². The summed E-state index contributed by atoms with van der Waals surface area (Å²) < 4.78 is 1.43. The zero-order valence-corrected chi connectivity index (χ0v) is 22.0. The largest absolute Gasteiger partial charge is 0.377 e. The third kappa shape index (κ3) is 5.60. The number of amides is 2. The fourth-order valence-corrected chi connectivity index (χ4v) is 5.46. The van der Waals surface area contributed by atoms with Gasteiger partial charge in [-0.05, 0) is 43.9 Å². The molecular weight excluding hydrogens is 513 g/mol. The topological polar surface area (TPSA) is 60.5 Å². The van der Waals surface area contributed by atoms with Crippen LogP contribution in [0, 0.1) is 0 Å². The number of rotatable bonds is 5. The normalized spacial score (nSPS) is 17.9. The van der Waals surface area contributed by atoms with E-state index in [-0.39, 0.29) is 28.2 Å². The minimum Gasteiger partial charge on any atom is -0.377 e. The van der Waals surface area contributed by atoms with Gasteiger partial charge in [0, 0.05) is 48.3 Å². The van der Waals surface area contributed by atoms with Gasteiger partial charge >= 0.3 is 6.03 Å². The van der Waals surface area contributed by atoms with Gasteiger partial charge in [0.05, 0.1) is 21.2 Å². The lowest BCUT2D eigenvalue weighted by molar-refractivity contribution is 0.217. The first-order valence-corrected chi connectivity index (χ1v) is 12.5. The van der Waals surface area contributed by atoms with E-state index in [4.69, 9.17) is 39.8 Å². The van der Waals surface area contributed by atoms with Crippen molar-refractivity contribution in [2.45, 2.75) is 37.8 Å². The van der Waals surface area contributed by atoms with Gasteiger partial charge in [-0.25, -0.2) is 9.78 Å². The summed E-state index contributed by atoms with van der Waals surface area (Å²) in [5.74, 6) is 0.860. The summed E-state index contributed by atoms with van der Waals surface area (Å²) in [6.45, 7) is 0. The van der Waals surface area contributed by atoms with Gasteiger partial charge in [0.2, 0.25) is 0 Å². The Balaban J connectivity index is 1.37. The number of para-hydroxylation sites is 1. The van der Waals surface area contributed by atoms with Crippen molar-refractivity contribution < 1.29 is 4.79 Å². The Morgan fingerprint density at radius 3 is 2.32 bits per heavy atom. The molecule has 2 N–H and O–H groups in total. The number of halogens is 3. The fraction of sp³-hybridized carbons (Fsp3) is 0.333. The number of anilines is 3. The summed E-state index contributed by atoms with van der Waals surface area (Å²) in [6, 6.07) is 13.2. The van der Waals surface area contributed by atoms with Crippen molar-refractivity contribution in [3.63, 3.8) is 0 Å². The first-order chi connectivity index (χ1) is 16.2. The molecule has 3 aromatic rings. The molecule has 34 heavy (non-hydrogen) atoms. The number of aromatic nitrogens is 1. The van der Waals surface area contributed by atoms with Crippen LogP contribution in [0.4, 0.5) is 22.0 Å². The zero-order valence-electron chi connectivity index (χ0n) is 18.9. The molecular formula is C24H26Cl3N5OS. The summed E-state index contributed by atoms with van der Waals surface area (Å²) in [5.41, 5.74) is 2.41. The third-order valence-electron chi connectivity index (χ3n) is 6.02. The predicted molar refractivity (Wildman–Crippen MR) is 147 cm³/mol. The van der Waals surface area contributed by atoms with E-state index in [1.165, 1.54) is 16.4 Å². The molecule has 1 aromatic heterocycles. The molecule has 0 aliphatic heterocycles. The number of nitrogens with one attached hydrogen (secondary N) is 2. The van der Waals surface area contributed by atoms with E-state index in [0.29, 0.717) is 10.7 Å². The highest BCUT2D eigenvalue weighted by Gasteiger charge is 2.28. The van der Waals surface area contributed by atoms with Gasteiger partial charge in [-0.15, -0.1) is 0 Å². The SMILES string of the molecule is CN(C)c1cc(NC2CCC(N(S)C(=O)Nc3c(Cl)cc(Cl)cc3Cl)CC2)nc2ccccc12. The van der Waals surface area contributed by atoms with E-state index in [1.807, 2.05) is 32.3 Å². The van der Waals surface area contributed by atoms with Crippen molar-refractivity contribution >= 4 is 81.7 Å². The Morgan fingerprint density at radius 1 is 1.03 bits per heavy atom. The minimum absolute atomic E-state index is 0.00636. The number of carbonyl (C=O) groups excluding carboxylic acids is 1. The average Bonchev–Trinajstić information content (AvgIpc) is 2.80. The van der Waals surface area contributed by atoms with E-state index in [9.17, 15) is 4.79 Å². The van der Waals surface area contributed by atoms with Gasteiger partial charge in [-0.2, -0.15) is 0 Å². The molecule has 1 fully saturated rings. The maximum absolute atomic E-state index is 12.8. The number of nitrogens with zero attached hydrogens (tertiary/aromatic N) is 3. The summed E-state index contributed by atoms with van der Waals surface area (Å²) in [6.07, 6.45) is 3.40. The van der Waals surface area contributed by atoms with Crippen molar-refractivity contribution in [2.75, 3.05) is 29.6 Å². The highest BCUT2D eigenvalue weighted by Crippen LogP contribution is 2.35. The van der Waals surface area contributed by atoms with Crippen molar-refractivity contribution in [3.05, 3.63) is 57.5 Å². The van der Waals surface area contributed by atoms with Gasteiger partial charge in [0.25, 0.3) is 0 Å². The number of hydrogen-bond donors (Lipinski definition) is 3. The molecule has 0 radical (unpaired) electrons. The highest BCUT2D eigenvalue weighted by molar-refractivity contribution is 7.78. The van der Waals surface area contributed by atoms with Crippen LogP contribution in [0.5, 0.6) is 0 Å². The van der Waals surface area contributed by atoms with Crippen LogP contribution in [0.1, 0.15) is 25.7 Å². The summed E-state index contributed by atoms with van der Waals surface area (Å²) in [4.78, 5) is 19.7. The number of thiol groups is 1. The second kappa shape index (κ2) is 10.7. The first-order valence-electron chi connectivity index (χ1n) is 11.0. The standard InChI is InChI=1S/C24H26Cl3N5OS/c1-31(2)21-13-22(29-20-6-4-3-5-17(20)21)28-15-7-9-16(10-8-15)32(34)24(33)30-23-18(26)11-14(25)12-19(23)27/h3-6,11-13,15-16,34H,7-10H2,1-2H3,(H,28,29)(H,30,33). The maximum atomic E-state index is 12.8. The van der Waals surface area contributed by atoms with Gasteiger partial charge in [0.1, 0.15) is 5.82 Å². The molecule has 0 atom stereocenters. The average molecular weight is 539 g/mol. The smallest absolute Gasteiger partial charge is 0.331 e. The molecule has 10 heteroatoms. The van der Waals surface area contributed by atoms with E-state index >= 15 is 0 Å². The quantitative estimate of drug-likeness (QED) is 0.297. The number of carbonyl (C=O) groups is 1. The van der Waals surface area contributed by atoms with Crippen LogP contribution in [0.25, 0.3) is 10.9 Å². The van der Waals surface area contributed by atoms with Crippen molar-refractivity contribution in [3.8, 4) is 0 Å². The number of urea groups is 1. The Morgan fingerprint density at radius 2 is 1.68 bits per heavy atom. The number of pyridine rings is 1. The molecule has 2 amide bonds. The Labute approximate surface area is 220 Å². The van der Waals surface area contributed by atoms with Crippen molar-refractivity contribution in [1.82, 2.24) is 9.29 Å². The summed E-state index contributed by atoms with van der Waals surface area (Å²) in [7, 11) is 4.07. The van der Waals surface area contributed by atoms with Crippen LogP contribution in [0.3, 0.4) is 0 Å². The fourth-order valence-electron chi connectivity index (χ4n) is 4.27. The molecule has 1 saturated carbocycles. The minimum atomic E-state index is -0.377. The van der Waals surface area contributed by atoms with Gasteiger partial charge in [-0.1, -0.05) is 65.8 Å². The van der Waals surface area contributed by atoms with E-state index in [1.54, 1.807) is 0 Å². The van der Waals surface area contributed by atoms with E-state index < -0.39 is 0 Å². The Bertz CT molecular complexity index is 1180. The third-order valence-corrected chi connectivity index (χ3v) is 7.34. The van der Waals surface area contributed by atoms with Crippen LogP contribution >= 0.6 is 47.6 Å². The number of fused-ring (bicyclic) bond motifs is 1. The molecule has 4 rings (SSSR count). The number of hydrogen-bond acceptors (Lipinski definition) is 5. The van der Waals surface area contributed by atoms with Crippen molar-refractivity contribution in [1.29, 1.82) is 0 Å². The van der Waals surface area contributed by atoms with E-state index in [0.717, 1.165) is 48.1 Å². The maximum Gasteiger partial charge on any atom is 0.331 e. The molecule has 0 bridgehead atoms. The Hall–Kier alpha value is -2.06. The predicted octanol–water partition coefficient (Wildman–Crippen LogP) is 7.36. The van der Waals surface area contributed by atoms with E-state index in [2.05, 4.69) is 40.5 Å². The summed E-state index contributed by atoms with van der Waals surface area (Å²) >= 11 is 22.8. The lowest BCUT2D eigenvalue weighted by Gasteiger charge is -2.34. The lowest BCUT2D eigenvalue weighted by atomic mass is 9.91. The Kier molecular flexibility index (Phi) is 7.87. The lowest BCUT2D eigenvalue weighted by Crippen LogP contribution is -2.40. The zero-order chi connectivity index (χ0) is 24.4.